The molecular weight excluding hydrogens is 266 g/mol. The summed E-state index contributed by atoms with van der Waals surface area (Å²) < 4.78 is 11.0. The van der Waals surface area contributed by atoms with E-state index < -0.39 is 0 Å². The Morgan fingerprint density at radius 1 is 1.24 bits per heavy atom. The molecule has 0 fully saturated rings. The lowest BCUT2D eigenvalue weighted by atomic mass is 10.1. The second-order valence-corrected chi connectivity index (χ2v) is 5.23. The van der Waals surface area contributed by atoms with E-state index in [0.29, 0.717) is 18.3 Å². The van der Waals surface area contributed by atoms with Crippen LogP contribution in [0.4, 0.5) is 0 Å². The van der Waals surface area contributed by atoms with Gasteiger partial charge in [-0.25, -0.2) is 0 Å². The van der Waals surface area contributed by atoms with E-state index in [1.54, 1.807) is 0 Å². The lowest BCUT2D eigenvalue weighted by Gasteiger charge is -2.13. The van der Waals surface area contributed by atoms with Gasteiger partial charge in [-0.15, -0.1) is 0 Å². The number of hydrogen-bond donors (Lipinski definition) is 1. The van der Waals surface area contributed by atoms with Crippen molar-refractivity contribution in [2.24, 2.45) is 0 Å². The molecule has 1 aromatic heterocycles. The summed E-state index contributed by atoms with van der Waals surface area (Å²) >= 11 is 0. The molecule has 0 aliphatic heterocycles. The number of nitrogens with zero attached hydrogens (tertiary/aromatic N) is 2. The molecule has 0 saturated carbocycles. The zero-order valence-corrected chi connectivity index (χ0v) is 13.2. The van der Waals surface area contributed by atoms with Crippen molar-refractivity contribution in [3.05, 3.63) is 40.5 Å². The monoisotopic (exact) mass is 289 g/mol. The molecule has 1 heterocycles. The van der Waals surface area contributed by atoms with E-state index >= 15 is 0 Å². The zero-order chi connectivity index (χ0) is 15.2. The molecule has 0 unspecified atom stereocenters. The van der Waals surface area contributed by atoms with Crippen molar-refractivity contribution in [1.82, 2.24) is 15.5 Å². The fourth-order valence-electron chi connectivity index (χ4n) is 2.37. The third kappa shape index (κ3) is 4.04. The summed E-state index contributed by atoms with van der Waals surface area (Å²) in [6.07, 6.45) is 1.80. The minimum absolute atomic E-state index is 0.334. The van der Waals surface area contributed by atoms with Crippen molar-refractivity contribution >= 4 is 0 Å². The Morgan fingerprint density at radius 3 is 2.57 bits per heavy atom. The third-order valence-corrected chi connectivity index (χ3v) is 3.22. The maximum atomic E-state index is 5.87. The highest BCUT2D eigenvalue weighted by molar-refractivity contribution is 5.43. The summed E-state index contributed by atoms with van der Waals surface area (Å²) in [6, 6.07) is 4.27. The first kappa shape index (κ1) is 15.5. The van der Waals surface area contributed by atoms with Crippen LogP contribution < -0.4 is 10.1 Å². The van der Waals surface area contributed by atoms with Crippen LogP contribution in [0, 0.1) is 13.8 Å². The van der Waals surface area contributed by atoms with E-state index in [9.17, 15) is 0 Å². The first-order valence-corrected chi connectivity index (χ1v) is 7.33. The lowest BCUT2D eigenvalue weighted by molar-refractivity contribution is 0.281. The standard InChI is InChI=1S/C16H23N3O2/c1-5-6-15-18-14(19-21-15)10-20-16-11(2)7-13(9-17-4)8-12(16)3/h7-8,17H,5-6,9-10H2,1-4H3. The van der Waals surface area contributed by atoms with Crippen molar-refractivity contribution < 1.29 is 9.26 Å². The number of aryl methyl sites for hydroxylation is 3. The molecule has 0 atom stereocenters. The molecule has 0 aliphatic carbocycles. The topological polar surface area (TPSA) is 60.2 Å². The number of aromatic nitrogens is 2. The van der Waals surface area contributed by atoms with Gasteiger partial charge < -0.3 is 14.6 Å². The maximum Gasteiger partial charge on any atom is 0.226 e. The summed E-state index contributed by atoms with van der Waals surface area (Å²) in [7, 11) is 1.94. The van der Waals surface area contributed by atoms with Crippen molar-refractivity contribution in [2.45, 2.75) is 46.8 Å². The average molecular weight is 289 g/mol. The van der Waals surface area contributed by atoms with E-state index in [-0.39, 0.29) is 0 Å². The molecule has 21 heavy (non-hydrogen) atoms. The van der Waals surface area contributed by atoms with Crippen LogP contribution in [0.3, 0.4) is 0 Å². The molecule has 0 radical (unpaired) electrons. The van der Waals surface area contributed by atoms with Crippen molar-refractivity contribution in [3.63, 3.8) is 0 Å². The highest BCUT2D eigenvalue weighted by Gasteiger charge is 2.10. The summed E-state index contributed by atoms with van der Waals surface area (Å²) in [5.74, 6) is 2.17. The van der Waals surface area contributed by atoms with Crippen molar-refractivity contribution in [2.75, 3.05) is 7.05 Å². The average Bonchev–Trinajstić information content (AvgIpc) is 2.86. The second-order valence-electron chi connectivity index (χ2n) is 5.23. The van der Waals surface area contributed by atoms with Crippen LogP contribution in [-0.2, 0) is 19.6 Å². The van der Waals surface area contributed by atoms with E-state index in [2.05, 4.69) is 48.4 Å². The molecule has 2 aromatic rings. The number of ether oxygens (including phenoxy) is 1. The van der Waals surface area contributed by atoms with Gasteiger partial charge in [0.2, 0.25) is 11.7 Å². The van der Waals surface area contributed by atoms with Crippen LogP contribution in [-0.4, -0.2) is 17.2 Å². The van der Waals surface area contributed by atoms with E-state index in [1.165, 1.54) is 5.56 Å². The van der Waals surface area contributed by atoms with Gasteiger partial charge in [-0.1, -0.05) is 24.2 Å². The second kappa shape index (κ2) is 7.22. The molecular formula is C16H23N3O2. The normalized spacial score (nSPS) is 10.9. The lowest BCUT2D eigenvalue weighted by Crippen LogP contribution is -2.07. The van der Waals surface area contributed by atoms with Gasteiger partial charge in [0.25, 0.3) is 0 Å². The highest BCUT2D eigenvalue weighted by atomic mass is 16.5. The quantitative estimate of drug-likeness (QED) is 0.849. The maximum absolute atomic E-state index is 5.87. The van der Waals surface area contributed by atoms with Gasteiger partial charge in [0.15, 0.2) is 6.61 Å². The van der Waals surface area contributed by atoms with Crippen molar-refractivity contribution in [1.29, 1.82) is 0 Å². The highest BCUT2D eigenvalue weighted by Crippen LogP contribution is 2.25. The molecule has 0 amide bonds. The predicted octanol–water partition coefficient (Wildman–Crippen LogP) is 2.94. The van der Waals surface area contributed by atoms with Gasteiger partial charge >= 0.3 is 0 Å². The molecule has 1 N–H and O–H groups in total. The molecule has 5 heteroatoms. The van der Waals surface area contributed by atoms with Crippen LogP contribution in [0.15, 0.2) is 16.7 Å². The van der Waals surface area contributed by atoms with Crippen LogP contribution in [0.2, 0.25) is 0 Å². The van der Waals surface area contributed by atoms with Gasteiger partial charge in [0.05, 0.1) is 0 Å². The van der Waals surface area contributed by atoms with Crippen LogP contribution in [0.5, 0.6) is 5.75 Å². The smallest absolute Gasteiger partial charge is 0.226 e. The Bertz CT molecular complexity index is 570. The third-order valence-electron chi connectivity index (χ3n) is 3.22. The summed E-state index contributed by atoms with van der Waals surface area (Å²) in [4.78, 5) is 4.31. The largest absolute Gasteiger partial charge is 0.485 e. The minimum atomic E-state index is 0.334. The molecule has 1 aromatic carbocycles. The van der Waals surface area contributed by atoms with Crippen molar-refractivity contribution in [3.8, 4) is 5.75 Å². The van der Waals surface area contributed by atoms with Gasteiger partial charge in [-0.3, -0.25) is 0 Å². The number of nitrogens with one attached hydrogen (secondary N) is 1. The fraction of sp³-hybridized carbons (Fsp3) is 0.500. The molecule has 2 rings (SSSR count). The van der Waals surface area contributed by atoms with Crippen LogP contribution >= 0.6 is 0 Å². The predicted molar refractivity (Wildman–Crippen MR) is 81.3 cm³/mol. The number of hydrogen-bond acceptors (Lipinski definition) is 5. The Hall–Kier alpha value is -1.88. The molecule has 0 saturated heterocycles. The summed E-state index contributed by atoms with van der Waals surface area (Å²) in [5.41, 5.74) is 3.50. The summed E-state index contributed by atoms with van der Waals surface area (Å²) in [5, 5.41) is 7.09. The molecule has 0 spiro atoms. The van der Waals surface area contributed by atoms with Gasteiger partial charge in [-0.05, 0) is 44.0 Å². The Kier molecular flexibility index (Phi) is 5.33. The Morgan fingerprint density at radius 2 is 1.95 bits per heavy atom. The number of rotatable bonds is 7. The molecule has 0 bridgehead atoms. The summed E-state index contributed by atoms with van der Waals surface area (Å²) in [6.45, 7) is 7.38. The minimum Gasteiger partial charge on any atom is -0.485 e. The Balaban J connectivity index is 2.05. The SMILES string of the molecule is CCCc1nc(COc2c(C)cc(CNC)cc2C)no1. The zero-order valence-electron chi connectivity index (χ0n) is 13.2. The van der Waals surface area contributed by atoms with E-state index in [0.717, 1.165) is 36.3 Å². The van der Waals surface area contributed by atoms with Gasteiger partial charge in [0, 0.05) is 13.0 Å². The molecule has 5 nitrogen and oxygen atoms in total. The van der Waals surface area contributed by atoms with E-state index in [1.807, 2.05) is 7.05 Å². The Labute approximate surface area is 125 Å². The van der Waals surface area contributed by atoms with Crippen LogP contribution in [0.1, 0.15) is 41.8 Å². The molecule has 0 aliphatic rings. The fourth-order valence-corrected chi connectivity index (χ4v) is 2.37. The van der Waals surface area contributed by atoms with E-state index in [4.69, 9.17) is 9.26 Å². The number of benzene rings is 1. The first-order chi connectivity index (χ1) is 10.1. The van der Waals surface area contributed by atoms with Gasteiger partial charge in [0.1, 0.15) is 5.75 Å². The van der Waals surface area contributed by atoms with Crippen LogP contribution in [0.25, 0.3) is 0 Å². The molecule has 114 valence electrons. The first-order valence-electron chi connectivity index (χ1n) is 7.33. The van der Waals surface area contributed by atoms with Gasteiger partial charge in [-0.2, -0.15) is 4.98 Å².